The quantitative estimate of drug-likeness (QED) is 0.845. The second kappa shape index (κ2) is 4.37. The third kappa shape index (κ3) is 2.65. The predicted molar refractivity (Wildman–Crippen MR) is 64.7 cm³/mol. The van der Waals surface area contributed by atoms with Crippen LogP contribution in [0, 0.1) is 23.0 Å². The SMILES string of the molecule is CC(NCC1CC1(C)C)c1c(F)cccc1F. The molecule has 2 rings (SSSR count). The lowest BCUT2D eigenvalue weighted by Crippen LogP contribution is -2.24. The summed E-state index contributed by atoms with van der Waals surface area (Å²) in [5.41, 5.74) is 0.534. The topological polar surface area (TPSA) is 12.0 Å². The van der Waals surface area contributed by atoms with Crippen LogP contribution in [0.25, 0.3) is 0 Å². The first-order valence-corrected chi connectivity index (χ1v) is 6.09. The molecule has 1 aromatic carbocycles. The van der Waals surface area contributed by atoms with Crippen LogP contribution in [0.15, 0.2) is 18.2 Å². The van der Waals surface area contributed by atoms with Gasteiger partial charge in [0.15, 0.2) is 0 Å². The average molecular weight is 239 g/mol. The number of rotatable bonds is 4. The molecule has 1 saturated carbocycles. The molecule has 2 unspecified atom stereocenters. The summed E-state index contributed by atoms with van der Waals surface area (Å²) in [6, 6.07) is 3.72. The van der Waals surface area contributed by atoms with E-state index in [2.05, 4.69) is 19.2 Å². The van der Waals surface area contributed by atoms with E-state index in [0.29, 0.717) is 11.3 Å². The maximum atomic E-state index is 13.5. The second-order valence-electron chi connectivity index (χ2n) is 5.65. The van der Waals surface area contributed by atoms with E-state index in [-0.39, 0.29) is 11.6 Å². The Hall–Kier alpha value is -0.960. The monoisotopic (exact) mass is 239 g/mol. The molecule has 0 bridgehead atoms. The minimum absolute atomic E-state index is 0.144. The van der Waals surface area contributed by atoms with Crippen LogP contribution < -0.4 is 5.32 Å². The summed E-state index contributed by atoms with van der Waals surface area (Å²) >= 11 is 0. The van der Waals surface area contributed by atoms with Gasteiger partial charge >= 0.3 is 0 Å². The van der Waals surface area contributed by atoms with Crippen LogP contribution in [0.3, 0.4) is 0 Å². The molecule has 0 spiro atoms. The number of nitrogens with one attached hydrogen (secondary N) is 1. The van der Waals surface area contributed by atoms with E-state index in [1.807, 2.05) is 0 Å². The van der Waals surface area contributed by atoms with Crippen molar-refractivity contribution in [2.75, 3.05) is 6.54 Å². The van der Waals surface area contributed by atoms with Crippen LogP contribution in [0.2, 0.25) is 0 Å². The second-order valence-corrected chi connectivity index (χ2v) is 5.65. The van der Waals surface area contributed by atoms with Crippen LogP contribution in [-0.2, 0) is 0 Å². The summed E-state index contributed by atoms with van der Waals surface area (Å²) in [5.74, 6) is -0.320. The van der Waals surface area contributed by atoms with Crippen molar-refractivity contribution in [2.45, 2.75) is 33.2 Å². The van der Waals surface area contributed by atoms with Crippen molar-refractivity contribution in [3.05, 3.63) is 35.4 Å². The molecule has 0 heterocycles. The van der Waals surface area contributed by atoms with E-state index in [1.54, 1.807) is 6.92 Å². The Kier molecular flexibility index (Phi) is 3.21. The van der Waals surface area contributed by atoms with E-state index >= 15 is 0 Å². The molecule has 1 aliphatic rings. The fraction of sp³-hybridized carbons (Fsp3) is 0.571. The highest BCUT2D eigenvalue weighted by Gasteiger charge is 2.45. The Labute approximate surface area is 101 Å². The van der Waals surface area contributed by atoms with E-state index in [4.69, 9.17) is 0 Å². The summed E-state index contributed by atoms with van der Waals surface area (Å²) in [5, 5.41) is 3.22. The third-order valence-electron chi connectivity index (χ3n) is 3.82. The highest BCUT2D eigenvalue weighted by Crippen LogP contribution is 2.51. The molecule has 1 N–H and O–H groups in total. The molecule has 1 fully saturated rings. The van der Waals surface area contributed by atoms with Gasteiger partial charge in [-0.15, -0.1) is 0 Å². The van der Waals surface area contributed by atoms with Crippen LogP contribution >= 0.6 is 0 Å². The Morgan fingerprint density at radius 2 is 1.88 bits per heavy atom. The minimum Gasteiger partial charge on any atom is -0.310 e. The summed E-state index contributed by atoms with van der Waals surface area (Å²) < 4.78 is 27.0. The molecule has 3 heteroatoms. The zero-order valence-electron chi connectivity index (χ0n) is 10.6. The Bertz CT molecular complexity index is 394. The molecule has 1 aliphatic carbocycles. The van der Waals surface area contributed by atoms with Crippen molar-refractivity contribution in [2.24, 2.45) is 11.3 Å². The molecular weight excluding hydrogens is 220 g/mol. The van der Waals surface area contributed by atoms with Gasteiger partial charge in [-0.3, -0.25) is 0 Å². The standard InChI is InChI=1S/C14H19F2N/c1-9(17-8-10-7-14(10,2)3)13-11(15)5-4-6-12(13)16/h4-6,9-10,17H,7-8H2,1-3H3. The van der Waals surface area contributed by atoms with Gasteiger partial charge in [-0.25, -0.2) is 8.78 Å². The van der Waals surface area contributed by atoms with Crippen LogP contribution in [0.1, 0.15) is 38.8 Å². The van der Waals surface area contributed by atoms with E-state index in [0.717, 1.165) is 6.54 Å². The highest BCUT2D eigenvalue weighted by atomic mass is 19.1. The van der Waals surface area contributed by atoms with Gasteiger partial charge in [0.2, 0.25) is 0 Å². The molecule has 0 aromatic heterocycles. The minimum atomic E-state index is -0.472. The Morgan fingerprint density at radius 3 is 2.35 bits per heavy atom. The first kappa shape index (κ1) is 12.5. The fourth-order valence-electron chi connectivity index (χ4n) is 2.27. The third-order valence-corrected chi connectivity index (χ3v) is 3.82. The highest BCUT2D eigenvalue weighted by molar-refractivity contribution is 5.22. The van der Waals surface area contributed by atoms with Crippen molar-refractivity contribution in [1.29, 1.82) is 0 Å². The molecule has 17 heavy (non-hydrogen) atoms. The van der Waals surface area contributed by atoms with Gasteiger partial charge in [-0.05, 0) is 43.4 Å². The van der Waals surface area contributed by atoms with Gasteiger partial charge in [-0.1, -0.05) is 19.9 Å². The maximum absolute atomic E-state index is 13.5. The zero-order chi connectivity index (χ0) is 12.6. The van der Waals surface area contributed by atoms with Crippen molar-refractivity contribution in [3.8, 4) is 0 Å². The summed E-state index contributed by atoms with van der Waals surface area (Å²) in [6.07, 6.45) is 1.19. The summed E-state index contributed by atoms with van der Waals surface area (Å²) in [4.78, 5) is 0. The molecule has 1 aromatic rings. The van der Waals surface area contributed by atoms with Crippen molar-refractivity contribution in [1.82, 2.24) is 5.32 Å². The first-order chi connectivity index (χ1) is 7.92. The smallest absolute Gasteiger partial charge is 0.130 e. The van der Waals surface area contributed by atoms with E-state index in [1.165, 1.54) is 24.6 Å². The van der Waals surface area contributed by atoms with E-state index < -0.39 is 11.6 Å². The van der Waals surface area contributed by atoms with Gasteiger partial charge in [0, 0.05) is 11.6 Å². The maximum Gasteiger partial charge on any atom is 0.130 e. The molecule has 0 amide bonds. The largest absolute Gasteiger partial charge is 0.310 e. The number of hydrogen-bond acceptors (Lipinski definition) is 1. The van der Waals surface area contributed by atoms with Crippen molar-refractivity contribution >= 4 is 0 Å². The molecule has 1 nitrogen and oxygen atoms in total. The molecule has 2 atom stereocenters. The van der Waals surface area contributed by atoms with Crippen LogP contribution in [-0.4, -0.2) is 6.54 Å². The Balaban J connectivity index is 1.98. The molecule has 0 saturated heterocycles. The van der Waals surface area contributed by atoms with Crippen molar-refractivity contribution in [3.63, 3.8) is 0 Å². The summed E-state index contributed by atoms with van der Waals surface area (Å²) in [6.45, 7) is 7.06. The lowest BCUT2D eigenvalue weighted by Gasteiger charge is -2.16. The van der Waals surface area contributed by atoms with Gasteiger partial charge < -0.3 is 5.32 Å². The molecule has 0 radical (unpaired) electrons. The number of benzene rings is 1. The first-order valence-electron chi connectivity index (χ1n) is 6.09. The predicted octanol–water partition coefficient (Wildman–Crippen LogP) is 3.66. The van der Waals surface area contributed by atoms with Crippen LogP contribution in [0.4, 0.5) is 8.78 Å². The molecule has 94 valence electrons. The van der Waals surface area contributed by atoms with Gasteiger partial charge in [0.05, 0.1) is 0 Å². The lowest BCUT2D eigenvalue weighted by atomic mass is 10.1. The Morgan fingerprint density at radius 1 is 1.35 bits per heavy atom. The lowest BCUT2D eigenvalue weighted by molar-refractivity contribution is 0.454. The number of halogens is 2. The van der Waals surface area contributed by atoms with E-state index in [9.17, 15) is 8.78 Å². The summed E-state index contributed by atoms with van der Waals surface area (Å²) in [7, 11) is 0. The van der Waals surface area contributed by atoms with Crippen LogP contribution in [0.5, 0.6) is 0 Å². The fourth-order valence-corrected chi connectivity index (χ4v) is 2.27. The van der Waals surface area contributed by atoms with Crippen molar-refractivity contribution < 1.29 is 8.78 Å². The van der Waals surface area contributed by atoms with Gasteiger partial charge in [0.25, 0.3) is 0 Å². The average Bonchev–Trinajstić information content (AvgIpc) is 2.83. The molecule has 0 aliphatic heterocycles. The molecular formula is C14H19F2N. The number of hydrogen-bond donors (Lipinski definition) is 1. The normalized spacial score (nSPS) is 23.5. The van der Waals surface area contributed by atoms with Gasteiger partial charge in [0.1, 0.15) is 11.6 Å². The zero-order valence-corrected chi connectivity index (χ0v) is 10.6. The van der Waals surface area contributed by atoms with Gasteiger partial charge in [-0.2, -0.15) is 0 Å².